The van der Waals surface area contributed by atoms with E-state index in [9.17, 15) is 22.8 Å². The number of nitrogens with zero attached hydrogens (tertiary/aromatic N) is 3. The van der Waals surface area contributed by atoms with E-state index in [2.05, 4.69) is 9.71 Å². The van der Waals surface area contributed by atoms with Crippen molar-refractivity contribution in [3.63, 3.8) is 0 Å². The topological polar surface area (TPSA) is 120 Å². The van der Waals surface area contributed by atoms with Crippen LogP contribution in [0.3, 0.4) is 0 Å². The SMILES string of the molecule is Cn1c(=O)c2cc(S(=O)(=O)Nc3ccc(CC(=O)CCc4cccnc4)cc3)ccc2n(C)c1=O. The summed E-state index contributed by atoms with van der Waals surface area (Å²) < 4.78 is 30.6. The van der Waals surface area contributed by atoms with Gasteiger partial charge in [-0.05, 0) is 53.9 Å². The molecular formula is C25H24N4O5S. The zero-order chi connectivity index (χ0) is 25.2. The van der Waals surface area contributed by atoms with Gasteiger partial charge >= 0.3 is 5.69 Å². The highest BCUT2D eigenvalue weighted by molar-refractivity contribution is 7.92. The Morgan fingerprint density at radius 3 is 2.40 bits per heavy atom. The van der Waals surface area contributed by atoms with Gasteiger partial charge in [-0.15, -0.1) is 0 Å². The van der Waals surface area contributed by atoms with Crippen molar-refractivity contribution in [2.24, 2.45) is 14.1 Å². The fraction of sp³-hybridized carbons (Fsp3) is 0.200. The van der Waals surface area contributed by atoms with Crippen molar-refractivity contribution in [1.29, 1.82) is 0 Å². The van der Waals surface area contributed by atoms with Gasteiger partial charge in [0.25, 0.3) is 15.6 Å². The quantitative estimate of drug-likeness (QED) is 0.403. The van der Waals surface area contributed by atoms with Crippen molar-refractivity contribution in [3.8, 4) is 0 Å². The van der Waals surface area contributed by atoms with Gasteiger partial charge in [-0.1, -0.05) is 18.2 Å². The second-order valence-corrected chi connectivity index (χ2v) is 9.95. The average molecular weight is 493 g/mol. The van der Waals surface area contributed by atoms with E-state index in [1.807, 2.05) is 12.1 Å². The Labute approximate surface area is 201 Å². The number of fused-ring (bicyclic) bond motifs is 1. The van der Waals surface area contributed by atoms with Gasteiger partial charge in [0.05, 0.1) is 15.8 Å². The number of nitrogens with one attached hydrogen (secondary N) is 1. The summed E-state index contributed by atoms with van der Waals surface area (Å²) >= 11 is 0. The van der Waals surface area contributed by atoms with Crippen LogP contribution in [0.5, 0.6) is 0 Å². The molecule has 35 heavy (non-hydrogen) atoms. The van der Waals surface area contributed by atoms with E-state index in [4.69, 9.17) is 0 Å². The van der Waals surface area contributed by atoms with E-state index in [1.165, 1.54) is 36.9 Å². The number of hydrogen-bond donors (Lipinski definition) is 1. The maximum atomic E-state index is 12.9. The minimum Gasteiger partial charge on any atom is -0.299 e. The summed E-state index contributed by atoms with van der Waals surface area (Å²) in [6.45, 7) is 0. The average Bonchev–Trinajstić information content (AvgIpc) is 2.86. The lowest BCUT2D eigenvalue weighted by atomic mass is 10.0. The van der Waals surface area contributed by atoms with Gasteiger partial charge in [-0.3, -0.25) is 28.4 Å². The molecular weight excluding hydrogens is 468 g/mol. The molecule has 9 nitrogen and oxygen atoms in total. The number of anilines is 1. The summed E-state index contributed by atoms with van der Waals surface area (Å²) in [6.07, 6.45) is 4.69. The standard InChI is InChI=1S/C25H24N4O5S/c1-28-23-12-11-21(15-22(23)24(31)29(2)25(28)32)35(33,34)27-19-8-5-17(6-9-19)14-20(30)10-7-18-4-3-13-26-16-18/h3-6,8-9,11-13,15-16,27H,7,10,14H2,1-2H3. The molecule has 0 saturated heterocycles. The molecule has 0 aliphatic heterocycles. The highest BCUT2D eigenvalue weighted by Crippen LogP contribution is 2.20. The van der Waals surface area contributed by atoms with Gasteiger partial charge in [0, 0.05) is 45.0 Å². The summed E-state index contributed by atoms with van der Waals surface area (Å²) in [5.41, 5.74) is 1.38. The molecule has 0 fully saturated rings. The lowest BCUT2D eigenvalue weighted by Gasteiger charge is -2.11. The second kappa shape index (κ2) is 9.67. The van der Waals surface area contributed by atoms with E-state index >= 15 is 0 Å². The number of pyridine rings is 1. The van der Waals surface area contributed by atoms with Crippen molar-refractivity contribution < 1.29 is 13.2 Å². The molecule has 0 atom stereocenters. The van der Waals surface area contributed by atoms with Gasteiger partial charge in [-0.2, -0.15) is 0 Å². The smallest absolute Gasteiger partial charge is 0.299 e. The lowest BCUT2D eigenvalue weighted by molar-refractivity contribution is -0.118. The van der Waals surface area contributed by atoms with Crippen molar-refractivity contribution in [2.75, 3.05) is 4.72 Å². The Kier molecular flexibility index (Phi) is 6.65. The first-order chi connectivity index (χ1) is 16.7. The summed E-state index contributed by atoms with van der Waals surface area (Å²) in [5, 5.41) is 0.123. The highest BCUT2D eigenvalue weighted by atomic mass is 32.2. The molecule has 4 rings (SSSR count). The van der Waals surface area contributed by atoms with Gasteiger partial charge in [0.2, 0.25) is 0 Å². The number of hydrogen-bond acceptors (Lipinski definition) is 6. The van der Waals surface area contributed by atoms with Crippen LogP contribution in [0.4, 0.5) is 5.69 Å². The Bertz CT molecular complexity index is 1620. The second-order valence-electron chi connectivity index (χ2n) is 8.26. The summed E-state index contributed by atoms with van der Waals surface area (Å²) in [7, 11) is -1.13. The molecule has 2 heterocycles. The number of Topliss-reactive ketones (excluding diaryl/α,β-unsaturated/α-hetero) is 1. The highest BCUT2D eigenvalue weighted by Gasteiger charge is 2.18. The molecule has 0 unspecified atom stereocenters. The van der Waals surface area contributed by atoms with E-state index in [1.54, 1.807) is 36.7 Å². The molecule has 0 bridgehead atoms. The number of aromatic nitrogens is 3. The van der Waals surface area contributed by atoms with E-state index in [0.717, 1.165) is 15.7 Å². The first-order valence-corrected chi connectivity index (χ1v) is 12.4. The number of sulfonamides is 1. The number of carbonyl (C=O) groups excluding carboxylic acids is 1. The van der Waals surface area contributed by atoms with Gasteiger partial charge in [0.15, 0.2) is 0 Å². The molecule has 0 aliphatic carbocycles. The predicted molar refractivity (Wildman–Crippen MR) is 133 cm³/mol. The van der Waals surface area contributed by atoms with E-state index in [0.29, 0.717) is 24.0 Å². The number of aryl methyl sites for hydroxylation is 2. The van der Waals surface area contributed by atoms with Gasteiger partial charge < -0.3 is 0 Å². The number of rotatable bonds is 8. The fourth-order valence-electron chi connectivity index (χ4n) is 3.79. The minimum absolute atomic E-state index is 0.0781. The Hall–Kier alpha value is -4.05. The fourth-order valence-corrected chi connectivity index (χ4v) is 4.88. The summed E-state index contributed by atoms with van der Waals surface area (Å²) in [5.74, 6) is 0.0781. The monoisotopic (exact) mass is 492 g/mol. The van der Waals surface area contributed by atoms with Crippen LogP contribution >= 0.6 is 0 Å². The van der Waals surface area contributed by atoms with Crippen LogP contribution in [-0.2, 0) is 41.8 Å². The Morgan fingerprint density at radius 2 is 1.71 bits per heavy atom. The number of benzene rings is 2. The van der Waals surface area contributed by atoms with Gasteiger partial charge in [-0.25, -0.2) is 13.2 Å². The van der Waals surface area contributed by atoms with Crippen LogP contribution in [0.15, 0.2) is 81.5 Å². The molecule has 10 heteroatoms. The molecule has 0 aliphatic rings. The summed E-state index contributed by atoms with van der Waals surface area (Å²) in [6, 6.07) is 14.4. The lowest BCUT2D eigenvalue weighted by Crippen LogP contribution is -2.37. The first-order valence-electron chi connectivity index (χ1n) is 10.9. The molecule has 0 amide bonds. The Morgan fingerprint density at radius 1 is 0.971 bits per heavy atom. The molecule has 4 aromatic rings. The predicted octanol–water partition coefficient (Wildman–Crippen LogP) is 2.18. The number of carbonyl (C=O) groups is 1. The first kappa shape index (κ1) is 24.1. The van der Waals surface area contributed by atoms with Crippen molar-refractivity contribution in [2.45, 2.75) is 24.2 Å². The molecule has 2 aromatic heterocycles. The largest absolute Gasteiger partial charge is 0.330 e. The zero-order valence-electron chi connectivity index (χ0n) is 19.3. The molecule has 0 saturated carbocycles. The third-order valence-electron chi connectivity index (χ3n) is 5.77. The third kappa shape index (κ3) is 5.22. The van der Waals surface area contributed by atoms with Gasteiger partial charge in [0.1, 0.15) is 5.78 Å². The third-order valence-corrected chi connectivity index (χ3v) is 7.15. The summed E-state index contributed by atoms with van der Waals surface area (Å²) in [4.78, 5) is 40.8. The Balaban J connectivity index is 1.47. The van der Waals surface area contributed by atoms with Crippen LogP contribution in [0.2, 0.25) is 0 Å². The molecule has 0 radical (unpaired) electrons. The van der Waals surface area contributed by atoms with Crippen LogP contribution in [0, 0.1) is 0 Å². The zero-order valence-corrected chi connectivity index (χ0v) is 20.1. The molecule has 0 spiro atoms. The van der Waals surface area contributed by atoms with Crippen molar-refractivity contribution in [1.82, 2.24) is 14.1 Å². The van der Waals surface area contributed by atoms with Crippen LogP contribution < -0.4 is 16.0 Å². The van der Waals surface area contributed by atoms with Crippen LogP contribution in [-0.4, -0.2) is 28.3 Å². The van der Waals surface area contributed by atoms with Crippen molar-refractivity contribution in [3.05, 3.63) is 99.0 Å². The molecule has 1 N–H and O–H groups in total. The number of ketones is 1. The molecule has 180 valence electrons. The van der Waals surface area contributed by atoms with E-state index < -0.39 is 21.3 Å². The molecule has 2 aromatic carbocycles. The maximum absolute atomic E-state index is 12.9. The normalized spacial score (nSPS) is 11.5. The van der Waals surface area contributed by atoms with Crippen LogP contribution in [0.25, 0.3) is 10.9 Å². The van der Waals surface area contributed by atoms with Crippen LogP contribution in [0.1, 0.15) is 17.5 Å². The minimum atomic E-state index is -3.99. The van der Waals surface area contributed by atoms with E-state index in [-0.39, 0.29) is 22.5 Å². The van der Waals surface area contributed by atoms with Crippen molar-refractivity contribution >= 4 is 32.4 Å². The maximum Gasteiger partial charge on any atom is 0.330 e.